The Labute approximate surface area is 158 Å². The first kappa shape index (κ1) is 18.2. The standard InChI is InChI=1S/C20H17F3N4O/c1-10-5-6-24-9-14(10)19-26-12(3)18-11(2)25-17-15(27(18)19)7-13(20(21,22)23)8-16(17)28-4/h5-9H,1-4H3. The molecule has 3 aromatic heterocycles. The van der Waals surface area contributed by atoms with Crippen molar-refractivity contribution in [3.63, 3.8) is 0 Å². The molecule has 0 aliphatic rings. The molecule has 4 aromatic rings. The summed E-state index contributed by atoms with van der Waals surface area (Å²) in [5, 5.41) is 0. The van der Waals surface area contributed by atoms with E-state index in [-0.39, 0.29) is 11.3 Å². The zero-order valence-corrected chi connectivity index (χ0v) is 15.7. The van der Waals surface area contributed by atoms with Crippen LogP contribution in [0.15, 0.2) is 30.6 Å². The fourth-order valence-electron chi connectivity index (χ4n) is 3.48. The Balaban J connectivity index is 2.24. The fraction of sp³-hybridized carbons (Fsp3) is 0.250. The van der Waals surface area contributed by atoms with E-state index in [1.54, 1.807) is 23.7 Å². The number of pyridine rings is 1. The lowest BCUT2D eigenvalue weighted by atomic mass is 10.1. The van der Waals surface area contributed by atoms with Gasteiger partial charge in [0, 0.05) is 18.0 Å². The lowest BCUT2D eigenvalue weighted by molar-refractivity contribution is -0.137. The highest BCUT2D eigenvalue weighted by atomic mass is 19.4. The maximum absolute atomic E-state index is 13.5. The molecule has 8 heteroatoms. The van der Waals surface area contributed by atoms with Gasteiger partial charge in [0.25, 0.3) is 0 Å². The summed E-state index contributed by atoms with van der Waals surface area (Å²) in [6.07, 6.45) is -1.19. The number of alkyl halides is 3. The van der Waals surface area contributed by atoms with E-state index >= 15 is 0 Å². The van der Waals surface area contributed by atoms with Gasteiger partial charge in [0.05, 0.1) is 35.1 Å². The van der Waals surface area contributed by atoms with Crippen molar-refractivity contribution in [2.75, 3.05) is 7.11 Å². The Hall–Kier alpha value is -3.16. The molecule has 144 valence electrons. The normalized spacial score (nSPS) is 12.1. The van der Waals surface area contributed by atoms with Gasteiger partial charge in [-0.2, -0.15) is 13.2 Å². The third-order valence-electron chi connectivity index (χ3n) is 4.80. The molecule has 0 bridgehead atoms. The van der Waals surface area contributed by atoms with Gasteiger partial charge in [-0.05, 0) is 44.5 Å². The van der Waals surface area contributed by atoms with Crippen molar-refractivity contribution in [3.8, 4) is 17.1 Å². The Kier molecular flexibility index (Phi) is 4.02. The van der Waals surface area contributed by atoms with E-state index in [4.69, 9.17) is 4.74 Å². The van der Waals surface area contributed by atoms with Crippen LogP contribution in [0, 0.1) is 20.8 Å². The summed E-state index contributed by atoms with van der Waals surface area (Å²) in [7, 11) is 1.33. The largest absolute Gasteiger partial charge is 0.494 e. The van der Waals surface area contributed by atoms with Crippen LogP contribution < -0.4 is 4.74 Å². The first-order valence-electron chi connectivity index (χ1n) is 8.58. The maximum atomic E-state index is 13.5. The number of nitrogens with zero attached hydrogens (tertiary/aromatic N) is 4. The molecule has 0 amide bonds. The van der Waals surface area contributed by atoms with Gasteiger partial charge in [0.15, 0.2) is 0 Å². The van der Waals surface area contributed by atoms with Crippen molar-refractivity contribution in [2.45, 2.75) is 26.9 Å². The molecule has 0 spiro atoms. The SMILES string of the molecule is COc1cc(C(F)(F)F)cc2c1nc(C)c1c(C)nc(-c3cnccc3C)n12. The Morgan fingerprint density at radius 3 is 2.39 bits per heavy atom. The van der Waals surface area contributed by atoms with Gasteiger partial charge in [-0.15, -0.1) is 0 Å². The third-order valence-corrected chi connectivity index (χ3v) is 4.80. The predicted octanol–water partition coefficient (Wildman–Crippen LogP) is 4.90. The van der Waals surface area contributed by atoms with E-state index in [9.17, 15) is 13.2 Å². The van der Waals surface area contributed by atoms with Crippen LogP contribution in [0.2, 0.25) is 0 Å². The number of aromatic nitrogens is 4. The second kappa shape index (κ2) is 6.19. The average molecular weight is 386 g/mol. The minimum absolute atomic E-state index is 0.0648. The molecule has 1 aromatic carbocycles. The Morgan fingerprint density at radius 1 is 1.04 bits per heavy atom. The first-order chi connectivity index (χ1) is 13.2. The number of aryl methyl sites for hydroxylation is 3. The summed E-state index contributed by atoms with van der Waals surface area (Å²) >= 11 is 0. The highest BCUT2D eigenvalue weighted by molar-refractivity contribution is 5.88. The van der Waals surface area contributed by atoms with Crippen molar-refractivity contribution < 1.29 is 17.9 Å². The summed E-state index contributed by atoms with van der Waals surface area (Å²) in [4.78, 5) is 13.3. The summed E-state index contributed by atoms with van der Waals surface area (Å²) in [5.74, 6) is 0.588. The molecular formula is C20H17F3N4O. The van der Waals surface area contributed by atoms with Crippen molar-refractivity contribution in [2.24, 2.45) is 0 Å². The molecule has 0 aliphatic heterocycles. The Morgan fingerprint density at radius 2 is 1.75 bits per heavy atom. The quantitative estimate of drug-likeness (QED) is 0.492. The molecule has 4 rings (SSSR count). The van der Waals surface area contributed by atoms with Crippen LogP contribution in [-0.2, 0) is 6.18 Å². The van der Waals surface area contributed by atoms with Crippen LogP contribution in [0.5, 0.6) is 5.75 Å². The van der Waals surface area contributed by atoms with E-state index in [1.165, 1.54) is 7.11 Å². The number of benzene rings is 1. The molecule has 0 unspecified atom stereocenters. The van der Waals surface area contributed by atoms with Crippen LogP contribution in [-0.4, -0.2) is 26.5 Å². The number of imidazole rings is 1. The van der Waals surface area contributed by atoms with Gasteiger partial charge in [0.2, 0.25) is 0 Å². The summed E-state index contributed by atoms with van der Waals surface area (Å²) in [5.41, 5.74) is 3.50. The molecular weight excluding hydrogens is 369 g/mol. The van der Waals surface area contributed by atoms with Gasteiger partial charge in [-0.3, -0.25) is 9.38 Å². The minimum atomic E-state index is -4.52. The van der Waals surface area contributed by atoms with Gasteiger partial charge >= 0.3 is 6.18 Å². The monoisotopic (exact) mass is 386 g/mol. The van der Waals surface area contributed by atoms with Crippen LogP contribution in [0.25, 0.3) is 27.9 Å². The van der Waals surface area contributed by atoms with Gasteiger partial charge < -0.3 is 4.74 Å². The summed E-state index contributed by atoms with van der Waals surface area (Å²) < 4.78 is 47.4. The van der Waals surface area contributed by atoms with Crippen molar-refractivity contribution in [1.82, 2.24) is 19.4 Å². The highest BCUT2D eigenvalue weighted by Crippen LogP contribution is 2.38. The number of halogens is 3. The molecule has 0 saturated carbocycles. The highest BCUT2D eigenvalue weighted by Gasteiger charge is 2.33. The number of hydrogen-bond donors (Lipinski definition) is 0. The number of rotatable bonds is 2. The molecule has 0 N–H and O–H groups in total. The van der Waals surface area contributed by atoms with E-state index in [2.05, 4.69) is 15.0 Å². The molecule has 0 fully saturated rings. The predicted molar refractivity (Wildman–Crippen MR) is 99.5 cm³/mol. The molecule has 0 saturated heterocycles. The molecule has 3 heterocycles. The average Bonchev–Trinajstić information content (AvgIpc) is 2.99. The van der Waals surface area contributed by atoms with Crippen molar-refractivity contribution >= 4 is 16.6 Å². The Bertz CT molecular complexity index is 1230. The number of fused-ring (bicyclic) bond motifs is 3. The third kappa shape index (κ3) is 2.67. The number of methoxy groups -OCH3 is 1. The molecule has 0 radical (unpaired) electrons. The van der Waals surface area contributed by atoms with Crippen molar-refractivity contribution in [3.05, 3.63) is 53.1 Å². The summed E-state index contributed by atoms with van der Waals surface area (Å²) in [6.45, 7) is 5.53. The molecule has 5 nitrogen and oxygen atoms in total. The lowest BCUT2D eigenvalue weighted by Crippen LogP contribution is -2.08. The van der Waals surface area contributed by atoms with E-state index in [0.29, 0.717) is 28.2 Å². The summed E-state index contributed by atoms with van der Waals surface area (Å²) in [6, 6.07) is 3.90. The number of hydrogen-bond acceptors (Lipinski definition) is 4. The zero-order valence-electron chi connectivity index (χ0n) is 15.7. The van der Waals surface area contributed by atoms with Crippen molar-refractivity contribution in [1.29, 1.82) is 0 Å². The smallest absolute Gasteiger partial charge is 0.416 e. The molecule has 28 heavy (non-hydrogen) atoms. The topological polar surface area (TPSA) is 52.3 Å². The minimum Gasteiger partial charge on any atom is -0.494 e. The van der Waals surface area contributed by atoms with Crippen LogP contribution in [0.4, 0.5) is 13.2 Å². The van der Waals surface area contributed by atoms with Gasteiger partial charge in [-0.25, -0.2) is 9.97 Å². The van der Waals surface area contributed by atoms with Crippen LogP contribution >= 0.6 is 0 Å². The van der Waals surface area contributed by atoms with Gasteiger partial charge in [-0.1, -0.05) is 0 Å². The lowest BCUT2D eigenvalue weighted by Gasteiger charge is -2.15. The second-order valence-electron chi connectivity index (χ2n) is 6.64. The first-order valence-corrected chi connectivity index (χ1v) is 8.58. The van der Waals surface area contributed by atoms with E-state index in [0.717, 1.165) is 23.3 Å². The van der Waals surface area contributed by atoms with Crippen LogP contribution in [0.3, 0.4) is 0 Å². The second-order valence-corrected chi connectivity index (χ2v) is 6.64. The zero-order chi connectivity index (χ0) is 20.2. The van der Waals surface area contributed by atoms with Crippen LogP contribution in [0.1, 0.15) is 22.5 Å². The molecule has 0 aliphatic carbocycles. The van der Waals surface area contributed by atoms with E-state index in [1.807, 2.05) is 19.9 Å². The fourth-order valence-corrected chi connectivity index (χ4v) is 3.48. The van der Waals surface area contributed by atoms with E-state index < -0.39 is 11.7 Å². The van der Waals surface area contributed by atoms with Gasteiger partial charge in [0.1, 0.15) is 17.1 Å². The number of ether oxygens (including phenoxy) is 1. The molecule has 0 atom stereocenters. The maximum Gasteiger partial charge on any atom is 0.416 e.